The van der Waals surface area contributed by atoms with Crippen molar-refractivity contribution < 1.29 is 4.79 Å². The fourth-order valence-corrected chi connectivity index (χ4v) is 2.44. The molecule has 0 fully saturated rings. The minimum Gasteiger partial charge on any atom is -0.295 e. The Bertz CT molecular complexity index is 311. The first-order valence-corrected chi connectivity index (χ1v) is 6.08. The molecule has 0 bridgehead atoms. The number of ketones is 1. The Morgan fingerprint density at radius 2 is 2.19 bits per heavy atom. The Balaban J connectivity index is 2.92. The second-order valence-corrected chi connectivity index (χ2v) is 4.87. The van der Waals surface area contributed by atoms with E-state index in [2.05, 4.69) is 20.1 Å². The Hall–Kier alpha value is -1.11. The summed E-state index contributed by atoms with van der Waals surface area (Å²) in [6, 6.07) is 0. The van der Waals surface area contributed by atoms with Crippen LogP contribution in [0.25, 0.3) is 0 Å². The summed E-state index contributed by atoms with van der Waals surface area (Å²) in [5.41, 5.74) is 1.42. The van der Waals surface area contributed by atoms with Crippen molar-refractivity contribution in [1.29, 1.82) is 0 Å². The molecule has 1 aliphatic carbocycles. The minimum absolute atomic E-state index is 0.136. The van der Waals surface area contributed by atoms with Gasteiger partial charge < -0.3 is 0 Å². The quantitative estimate of drug-likeness (QED) is 0.632. The van der Waals surface area contributed by atoms with Gasteiger partial charge in [-0.25, -0.2) is 0 Å². The van der Waals surface area contributed by atoms with Crippen LogP contribution in [0.3, 0.4) is 0 Å². The fourth-order valence-electron chi connectivity index (χ4n) is 2.44. The molecule has 0 N–H and O–H groups in total. The van der Waals surface area contributed by atoms with Gasteiger partial charge in [0.2, 0.25) is 0 Å². The number of allylic oxidation sites excluding steroid dienone is 4. The highest BCUT2D eigenvalue weighted by molar-refractivity contribution is 5.90. The summed E-state index contributed by atoms with van der Waals surface area (Å²) in [6.45, 7) is 9.83. The van der Waals surface area contributed by atoms with E-state index in [0.717, 1.165) is 32.1 Å². The summed E-state index contributed by atoms with van der Waals surface area (Å²) in [4.78, 5) is 11.6. The average molecular weight is 218 g/mol. The van der Waals surface area contributed by atoms with E-state index in [9.17, 15) is 4.79 Å². The van der Waals surface area contributed by atoms with Gasteiger partial charge in [-0.1, -0.05) is 24.6 Å². The smallest absolute Gasteiger partial charge is 0.155 e. The van der Waals surface area contributed by atoms with Crippen molar-refractivity contribution in [1.82, 2.24) is 0 Å². The van der Waals surface area contributed by atoms with E-state index >= 15 is 0 Å². The zero-order valence-electron chi connectivity index (χ0n) is 10.3. The second-order valence-electron chi connectivity index (χ2n) is 4.87. The molecule has 0 heterocycles. The van der Waals surface area contributed by atoms with E-state index in [1.54, 1.807) is 0 Å². The van der Waals surface area contributed by atoms with Gasteiger partial charge in [-0.05, 0) is 43.6 Å². The van der Waals surface area contributed by atoms with Gasteiger partial charge in [0, 0.05) is 6.42 Å². The van der Waals surface area contributed by atoms with Crippen molar-refractivity contribution in [3.05, 3.63) is 37.0 Å². The largest absolute Gasteiger partial charge is 0.295 e. The van der Waals surface area contributed by atoms with Crippen molar-refractivity contribution in [3.63, 3.8) is 0 Å². The lowest BCUT2D eigenvalue weighted by Crippen LogP contribution is -2.18. The molecule has 0 aromatic heterocycles. The summed E-state index contributed by atoms with van der Waals surface area (Å²) in [5.74, 6) is 0.284. The van der Waals surface area contributed by atoms with E-state index in [0.29, 0.717) is 6.42 Å². The third-order valence-corrected chi connectivity index (χ3v) is 3.47. The van der Waals surface area contributed by atoms with Gasteiger partial charge >= 0.3 is 0 Å². The van der Waals surface area contributed by atoms with E-state index in [1.165, 1.54) is 5.57 Å². The molecular formula is C15H22O. The van der Waals surface area contributed by atoms with Gasteiger partial charge in [0.05, 0.1) is 0 Å². The Kier molecular flexibility index (Phi) is 4.72. The normalized spacial score (nSPS) is 25.8. The number of carbonyl (C=O) groups is 1. The van der Waals surface area contributed by atoms with Crippen LogP contribution in [0.1, 0.15) is 45.4 Å². The van der Waals surface area contributed by atoms with Gasteiger partial charge in [0.1, 0.15) is 0 Å². The van der Waals surface area contributed by atoms with E-state index in [4.69, 9.17) is 0 Å². The number of hydrogen-bond acceptors (Lipinski definition) is 1. The highest BCUT2D eigenvalue weighted by atomic mass is 16.1. The topological polar surface area (TPSA) is 17.1 Å². The van der Waals surface area contributed by atoms with Gasteiger partial charge in [-0.15, -0.1) is 13.2 Å². The predicted octanol–water partition coefficient (Wildman–Crippen LogP) is 4.21. The molecule has 88 valence electrons. The number of carbonyl (C=O) groups excluding carboxylic acids is 1. The first kappa shape index (κ1) is 13.0. The van der Waals surface area contributed by atoms with Crippen LogP contribution in [0.2, 0.25) is 0 Å². The fraction of sp³-hybridized carbons (Fsp3) is 0.533. The maximum Gasteiger partial charge on any atom is 0.155 e. The molecule has 1 nitrogen and oxygen atoms in total. The summed E-state index contributed by atoms with van der Waals surface area (Å²) in [6.07, 6.45) is 11.4. The van der Waals surface area contributed by atoms with Crippen LogP contribution < -0.4 is 0 Å². The molecule has 0 saturated carbocycles. The summed E-state index contributed by atoms with van der Waals surface area (Å²) in [5, 5.41) is 0. The highest BCUT2D eigenvalue weighted by Crippen LogP contribution is 2.41. The molecular weight excluding hydrogens is 196 g/mol. The summed E-state index contributed by atoms with van der Waals surface area (Å²) < 4.78 is 0. The molecule has 0 saturated heterocycles. The average Bonchev–Trinajstić information content (AvgIpc) is 2.36. The van der Waals surface area contributed by atoms with Crippen LogP contribution in [-0.2, 0) is 4.79 Å². The number of rotatable bonds is 5. The molecule has 1 aliphatic rings. The lowest BCUT2D eigenvalue weighted by atomic mass is 9.74. The van der Waals surface area contributed by atoms with Crippen LogP contribution in [0.15, 0.2) is 37.0 Å². The van der Waals surface area contributed by atoms with E-state index < -0.39 is 0 Å². The zero-order valence-corrected chi connectivity index (χ0v) is 10.3. The lowest BCUT2D eigenvalue weighted by molar-refractivity contribution is -0.114. The Morgan fingerprint density at radius 1 is 1.44 bits per heavy atom. The molecule has 0 spiro atoms. The molecule has 0 aliphatic heterocycles. The van der Waals surface area contributed by atoms with Gasteiger partial charge in [-0.3, -0.25) is 4.79 Å². The molecule has 0 unspecified atom stereocenters. The van der Waals surface area contributed by atoms with Gasteiger partial charge in [0.15, 0.2) is 5.78 Å². The maximum absolute atomic E-state index is 11.6. The van der Waals surface area contributed by atoms with Crippen LogP contribution in [-0.4, -0.2) is 5.78 Å². The molecule has 16 heavy (non-hydrogen) atoms. The van der Waals surface area contributed by atoms with Crippen molar-refractivity contribution in [2.75, 3.05) is 0 Å². The van der Waals surface area contributed by atoms with Crippen molar-refractivity contribution >= 4 is 5.78 Å². The maximum atomic E-state index is 11.6. The third-order valence-electron chi connectivity index (χ3n) is 3.47. The van der Waals surface area contributed by atoms with Crippen LogP contribution >= 0.6 is 0 Å². The van der Waals surface area contributed by atoms with Gasteiger partial charge in [-0.2, -0.15) is 0 Å². The summed E-state index contributed by atoms with van der Waals surface area (Å²) in [7, 11) is 0. The van der Waals surface area contributed by atoms with Crippen LogP contribution in [0.4, 0.5) is 0 Å². The monoisotopic (exact) mass is 218 g/mol. The molecule has 1 heteroatoms. The van der Waals surface area contributed by atoms with E-state index in [-0.39, 0.29) is 11.2 Å². The first-order chi connectivity index (χ1) is 7.62. The van der Waals surface area contributed by atoms with Gasteiger partial charge in [0.25, 0.3) is 0 Å². The van der Waals surface area contributed by atoms with Crippen LogP contribution in [0.5, 0.6) is 0 Å². The standard InChI is InChI=1S/C15H22O/c1-4-6-8-13-12-14(16)9-7-11-15(13,3)10-5-2/h4-5,12H,1-2,6-11H2,3H3/t15-/m1/s1. The predicted molar refractivity (Wildman–Crippen MR) is 69.3 cm³/mol. The molecule has 1 rings (SSSR count). The second kappa shape index (κ2) is 5.83. The molecule has 0 aromatic rings. The highest BCUT2D eigenvalue weighted by Gasteiger charge is 2.29. The van der Waals surface area contributed by atoms with E-state index in [1.807, 2.05) is 18.2 Å². The molecule has 0 aromatic carbocycles. The van der Waals surface area contributed by atoms with Crippen molar-refractivity contribution in [2.24, 2.45) is 5.41 Å². The zero-order chi connectivity index (χ0) is 12.0. The first-order valence-electron chi connectivity index (χ1n) is 6.08. The number of hydrogen-bond donors (Lipinski definition) is 0. The minimum atomic E-state index is 0.136. The molecule has 1 atom stereocenters. The Labute approximate surface area is 98.9 Å². The lowest BCUT2D eigenvalue weighted by Gasteiger charge is -2.30. The molecule has 0 radical (unpaired) electrons. The molecule has 0 amide bonds. The SMILES string of the molecule is C=CCCC1=CC(=O)CCC[C@@]1(C)CC=C. The summed E-state index contributed by atoms with van der Waals surface area (Å²) >= 11 is 0. The van der Waals surface area contributed by atoms with Crippen LogP contribution in [0, 0.1) is 5.41 Å². The third kappa shape index (κ3) is 3.19. The Morgan fingerprint density at radius 3 is 2.81 bits per heavy atom. The van der Waals surface area contributed by atoms with Crippen molar-refractivity contribution in [2.45, 2.75) is 45.4 Å². The van der Waals surface area contributed by atoms with Crippen molar-refractivity contribution in [3.8, 4) is 0 Å².